The van der Waals surface area contributed by atoms with Crippen LogP contribution in [0.15, 0.2) is 29.3 Å². The molecule has 0 aromatic heterocycles. The second-order valence-electron chi connectivity index (χ2n) is 5.91. The summed E-state index contributed by atoms with van der Waals surface area (Å²) in [6, 6.07) is 8.64. The minimum atomic E-state index is 0.978. The number of hydrogen-bond acceptors (Lipinski definition) is 2. The molecule has 21 heavy (non-hydrogen) atoms. The molecule has 1 saturated heterocycles. The number of benzene rings is 1. The van der Waals surface area contributed by atoms with E-state index < -0.39 is 0 Å². The molecule has 1 aromatic rings. The molecule has 1 aromatic carbocycles. The summed E-state index contributed by atoms with van der Waals surface area (Å²) in [5.41, 5.74) is 2.74. The number of aliphatic imine (C=N–C) groups is 1. The van der Waals surface area contributed by atoms with E-state index in [4.69, 9.17) is 0 Å². The van der Waals surface area contributed by atoms with Crippen LogP contribution in [-0.4, -0.2) is 50.6 Å². The Balaban J connectivity index is 1.54. The van der Waals surface area contributed by atoms with E-state index >= 15 is 0 Å². The Labute approximate surface area is 127 Å². The van der Waals surface area contributed by atoms with Crippen molar-refractivity contribution in [3.63, 3.8) is 0 Å². The highest BCUT2D eigenvalue weighted by Crippen LogP contribution is 2.27. The minimum absolute atomic E-state index is 0.978. The molecule has 1 fully saturated rings. The summed E-state index contributed by atoms with van der Waals surface area (Å²) < 4.78 is 0. The van der Waals surface area contributed by atoms with Gasteiger partial charge in [-0.15, -0.1) is 0 Å². The van der Waals surface area contributed by atoms with Crippen molar-refractivity contribution < 1.29 is 0 Å². The third kappa shape index (κ3) is 3.38. The first-order valence-electron chi connectivity index (χ1n) is 8.17. The van der Waals surface area contributed by atoms with Crippen molar-refractivity contribution in [2.75, 3.05) is 44.7 Å². The molecular formula is C17H26N4. The zero-order chi connectivity index (χ0) is 14.5. The molecule has 4 nitrogen and oxygen atoms in total. The van der Waals surface area contributed by atoms with Gasteiger partial charge in [0.25, 0.3) is 0 Å². The van der Waals surface area contributed by atoms with E-state index in [2.05, 4.69) is 44.4 Å². The largest absolute Gasteiger partial charge is 0.355 e. The number of nitrogens with one attached hydrogen (secondary N) is 1. The average molecular weight is 286 g/mol. The molecule has 0 amide bonds. The normalized spacial score (nSPS) is 19.7. The van der Waals surface area contributed by atoms with Crippen molar-refractivity contribution in [1.29, 1.82) is 0 Å². The van der Waals surface area contributed by atoms with Crippen LogP contribution < -0.4 is 10.2 Å². The molecule has 0 spiro atoms. The lowest BCUT2D eigenvalue weighted by Gasteiger charge is -2.28. The fourth-order valence-electron chi connectivity index (χ4n) is 3.36. The lowest BCUT2D eigenvalue weighted by atomic mass is 10.1. The van der Waals surface area contributed by atoms with Crippen molar-refractivity contribution in [3.05, 3.63) is 29.8 Å². The SMILES string of the molecule is CN=C(NCCN1CCCCC1)N1CCc2ccccc21. The Bertz CT molecular complexity index is 491. The van der Waals surface area contributed by atoms with Crippen molar-refractivity contribution in [1.82, 2.24) is 10.2 Å². The smallest absolute Gasteiger partial charge is 0.198 e. The van der Waals surface area contributed by atoms with Crippen LogP contribution in [0, 0.1) is 0 Å². The minimum Gasteiger partial charge on any atom is -0.355 e. The number of fused-ring (bicyclic) bond motifs is 1. The predicted molar refractivity (Wildman–Crippen MR) is 89.1 cm³/mol. The van der Waals surface area contributed by atoms with Gasteiger partial charge in [-0.25, -0.2) is 0 Å². The Morgan fingerprint density at radius 2 is 1.95 bits per heavy atom. The Hall–Kier alpha value is -1.55. The van der Waals surface area contributed by atoms with Crippen LogP contribution in [0.5, 0.6) is 0 Å². The van der Waals surface area contributed by atoms with Gasteiger partial charge in [-0.1, -0.05) is 24.6 Å². The van der Waals surface area contributed by atoms with E-state index in [0.29, 0.717) is 0 Å². The number of nitrogens with zero attached hydrogens (tertiary/aromatic N) is 3. The number of para-hydroxylation sites is 1. The zero-order valence-corrected chi connectivity index (χ0v) is 13.0. The van der Waals surface area contributed by atoms with Gasteiger partial charge in [0.1, 0.15) is 0 Å². The topological polar surface area (TPSA) is 30.9 Å². The average Bonchev–Trinajstić information content (AvgIpc) is 2.97. The fraction of sp³-hybridized carbons (Fsp3) is 0.588. The standard InChI is InChI=1S/C17H26N4/c1-18-17(19-10-14-20-11-5-2-6-12-20)21-13-9-15-7-3-4-8-16(15)21/h3-4,7-8H,2,5-6,9-14H2,1H3,(H,18,19). The number of likely N-dealkylation sites (tertiary alicyclic amines) is 1. The van der Waals surface area contributed by atoms with Gasteiger partial charge >= 0.3 is 0 Å². The van der Waals surface area contributed by atoms with Crippen molar-refractivity contribution >= 4 is 11.6 Å². The number of hydrogen-bond donors (Lipinski definition) is 1. The maximum Gasteiger partial charge on any atom is 0.198 e. The van der Waals surface area contributed by atoms with Gasteiger partial charge in [0.2, 0.25) is 0 Å². The van der Waals surface area contributed by atoms with Crippen LogP contribution in [-0.2, 0) is 6.42 Å². The van der Waals surface area contributed by atoms with E-state index in [9.17, 15) is 0 Å². The molecule has 3 rings (SSSR count). The summed E-state index contributed by atoms with van der Waals surface area (Å²) in [6.45, 7) is 5.64. The lowest BCUT2D eigenvalue weighted by molar-refractivity contribution is 0.232. The van der Waals surface area contributed by atoms with Crippen LogP contribution in [0.25, 0.3) is 0 Å². The molecule has 2 aliphatic rings. The molecular weight excluding hydrogens is 260 g/mol. The van der Waals surface area contributed by atoms with Crippen molar-refractivity contribution in [2.24, 2.45) is 4.99 Å². The van der Waals surface area contributed by atoms with Gasteiger partial charge in [0.05, 0.1) is 0 Å². The predicted octanol–water partition coefficient (Wildman–Crippen LogP) is 2.11. The highest BCUT2D eigenvalue weighted by Gasteiger charge is 2.22. The number of anilines is 1. The molecule has 0 unspecified atom stereocenters. The monoisotopic (exact) mass is 286 g/mol. The summed E-state index contributed by atoms with van der Waals surface area (Å²) in [4.78, 5) is 9.33. The quantitative estimate of drug-likeness (QED) is 0.682. The van der Waals surface area contributed by atoms with Crippen LogP contribution in [0.3, 0.4) is 0 Å². The molecule has 0 bridgehead atoms. The number of piperidine rings is 1. The van der Waals surface area contributed by atoms with E-state index in [1.165, 1.54) is 43.6 Å². The van der Waals surface area contributed by atoms with Gasteiger partial charge in [0, 0.05) is 32.4 Å². The van der Waals surface area contributed by atoms with Crippen LogP contribution in [0.4, 0.5) is 5.69 Å². The summed E-state index contributed by atoms with van der Waals surface area (Å²) in [5, 5.41) is 3.53. The van der Waals surface area contributed by atoms with Gasteiger partial charge in [-0.05, 0) is 44.0 Å². The number of guanidine groups is 1. The summed E-state index contributed by atoms with van der Waals surface area (Å²) >= 11 is 0. The first-order chi connectivity index (χ1) is 10.4. The Morgan fingerprint density at radius 3 is 2.76 bits per heavy atom. The third-order valence-corrected chi connectivity index (χ3v) is 4.51. The first-order valence-corrected chi connectivity index (χ1v) is 8.17. The van der Waals surface area contributed by atoms with Crippen molar-refractivity contribution in [3.8, 4) is 0 Å². The highest BCUT2D eigenvalue weighted by atomic mass is 15.3. The zero-order valence-electron chi connectivity index (χ0n) is 13.0. The van der Waals surface area contributed by atoms with Gasteiger partial charge in [0.15, 0.2) is 5.96 Å². The maximum atomic E-state index is 4.46. The van der Waals surface area contributed by atoms with Gasteiger partial charge < -0.3 is 15.1 Å². The molecule has 0 aliphatic carbocycles. The fourth-order valence-corrected chi connectivity index (χ4v) is 3.36. The van der Waals surface area contributed by atoms with Crippen molar-refractivity contribution in [2.45, 2.75) is 25.7 Å². The molecule has 2 heterocycles. The molecule has 0 saturated carbocycles. The van der Waals surface area contributed by atoms with Gasteiger partial charge in [-0.2, -0.15) is 0 Å². The van der Waals surface area contributed by atoms with E-state index in [0.717, 1.165) is 32.0 Å². The van der Waals surface area contributed by atoms with Crippen LogP contribution >= 0.6 is 0 Å². The third-order valence-electron chi connectivity index (χ3n) is 4.51. The van der Waals surface area contributed by atoms with E-state index in [-0.39, 0.29) is 0 Å². The lowest BCUT2D eigenvalue weighted by Crippen LogP contribution is -2.44. The second-order valence-corrected chi connectivity index (χ2v) is 5.91. The maximum absolute atomic E-state index is 4.46. The highest BCUT2D eigenvalue weighted by molar-refractivity contribution is 5.97. The number of rotatable bonds is 3. The summed E-state index contributed by atoms with van der Waals surface area (Å²) in [6.07, 6.45) is 5.22. The van der Waals surface area contributed by atoms with Crippen LogP contribution in [0.1, 0.15) is 24.8 Å². The summed E-state index contributed by atoms with van der Waals surface area (Å²) in [5.74, 6) is 1.01. The molecule has 0 radical (unpaired) electrons. The van der Waals surface area contributed by atoms with E-state index in [1.54, 1.807) is 0 Å². The van der Waals surface area contributed by atoms with Gasteiger partial charge in [-0.3, -0.25) is 4.99 Å². The molecule has 2 aliphatic heterocycles. The second kappa shape index (κ2) is 6.94. The first kappa shape index (κ1) is 14.4. The molecule has 0 atom stereocenters. The molecule has 1 N–H and O–H groups in total. The Kier molecular flexibility index (Phi) is 4.76. The molecule has 4 heteroatoms. The van der Waals surface area contributed by atoms with E-state index in [1.807, 2.05) is 7.05 Å². The Morgan fingerprint density at radius 1 is 1.14 bits per heavy atom. The van der Waals surface area contributed by atoms with Crippen LogP contribution in [0.2, 0.25) is 0 Å². The molecule has 114 valence electrons. The summed E-state index contributed by atoms with van der Waals surface area (Å²) in [7, 11) is 1.88.